The lowest BCUT2D eigenvalue weighted by Crippen LogP contribution is -2.38. The first-order valence-electron chi connectivity index (χ1n) is 11.0. The van der Waals surface area contributed by atoms with E-state index < -0.39 is 41.8 Å². The Balaban J connectivity index is 2.16. The van der Waals surface area contributed by atoms with Gasteiger partial charge in [-0.15, -0.1) is 0 Å². The van der Waals surface area contributed by atoms with Crippen LogP contribution in [0.1, 0.15) is 71.0 Å². The summed E-state index contributed by atoms with van der Waals surface area (Å²) in [5.74, 6) is -0.217. The molecule has 0 aliphatic carbocycles. The van der Waals surface area contributed by atoms with Gasteiger partial charge in [0.05, 0.1) is 17.9 Å². The molecule has 11 nitrogen and oxygen atoms in total. The number of hydrogen-bond donors (Lipinski definition) is 2. The van der Waals surface area contributed by atoms with E-state index in [1.165, 1.54) is 13.3 Å². The van der Waals surface area contributed by atoms with Crippen molar-refractivity contribution in [3.05, 3.63) is 29.4 Å². The van der Waals surface area contributed by atoms with Gasteiger partial charge < -0.3 is 34.1 Å². The number of nitrogens with one attached hydrogen (secondary N) is 1. The van der Waals surface area contributed by atoms with E-state index in [0.29, 0.717) is 17.1 Å². The molecule has 1 aliphatic heterocycles. The fourth-order valence-corrected chi connectivity index (χ4v) is 3.05. The number of nitrogens with zero attached hydrogens (tertiary/aromatic N) is 2. The Kier molecular flexibility index (Phi) is 9.51. The zero-order valence-electron chi connectivity index (χ0n) is 20.8. The van der Waals surface area contributed by atoms with E-state index in [2.05, 4.69) is 15.3 Å². The number of ether oxygens (including phenoxy) is 5. The van der Waals surface area contributed by atoms with Gasteiger partial charge in [0.2, 0.25) is 0 Å². The number of methoxy groups -OCH3 is 1. The molecule has 0 bridgehead atoms. The molecule has 1 aliphatic rings. The van der Waals surface area contributed by atoms with Gasteiger partial charge in [-0.2, -0.15) is 0 Å². The van der Waals surface area contributed by atoms with E-state index in [4.69, 9.17) is 23.7 Å². The van der Waals surface area contributed by atoms with Gasteiger partial charge in [0.1, 0.15) is 30.0 Å². The summed E-state index contributed by atoms with van der Waals surface area (Å²) in [4.78, 5) is 32.7. The molecule has 0 saturated heterocycles. The van der Waals surface area contributed by atoms with Gasteiger partial charge >= 0.3 is 12.1 Å². The summed E-state index contributed by atoms with van der Waals surface area (Å²) in [6.07, 6.45) is 1.81. The number of aromatic nitrogens is 2. The number of aliphatic hydroxyl groups excluding tert-OH is 1. The van der Waals surface area contributed by atoms with Crippen molar-refractivity contribution in [2.45, 2.75) is 71.2 Å². The lowest BCUT2D eigenvalue weighted by atomic mass is 10.0. The SMILES string of the molecule is CO[C@H]1O[C@H](CO)[C@@H](OCC(=O)OC(C)(C)C)c2nc(/C=C/CNC(=O)OC(C)(C)C)ncc21. The molecule has 34 heavy (non-hydrogen) atoms. The molecule has 11 heteroatoms. The number of carbonyl (C=O) groups is 2. The number of carbonyl (C=O) groups excluding carboxylic acids is 2. The lowest BCUT2D eigenvalue weighted by Gasteiger charge is -2.35. The minimum atomic E-state index is -0.853. The normalized spacial score (nSPS) is 20.6. The topological polar surface area (TPSA) is 138 Å². The number of amides is 1. The third-order valence-electron chi connectivity index (χ3n) is 4.25. The first-order valence-corrected chi connectivity index (χ1v) is 11.0. The van der Waals surface area contributed by atoms with E-state index in [1.807, 2.05) is 0 Å². The van der Waals surface area contributed by atoms with Crippen LogP contribution in [0.15, 0.2) is 12.3 Å². The third kappa shape index (κ3) is 8.64. The Morgan fingerprint density at radius 3 is 2.44 bits per heavy atom. The van der Waals surface area contributed by atoms with Gasteiger partial charge in [0.25, 0.3) is 0 Å². The van der Waals surface area contributed by atoms with Crippen LogP contribution in [-0.4, -0.2) is 71.3 Å². The van der Waals surface area contributed by atoms with Crippen LogP contribution >= 0.6 is 0 Å². The predicted molar refractivity (Wildman–Crippen MR) is 122 cm³/mol. The van der Waals surface area contributed by atoms with Gasteiger partial charge in [0, 0.05) is 19.9 Å². The van der Waals surface area contributed by atoms with Crippen molar-refractivity contribution >= 4 is 18.1 Å². The highest BCUT2D eigenvalue weighted by molar-refractivity contribution is 5.71. The molecule has 0 fully saturated rings. The van der Waals surface area contributed by atoms with Crippen molar-refractivity contribution in [3.63, 3.8) is 0 Å². The summed E-state index contributed by atoms with van der Waals surface area (Å²) in [5.41, 5.74) is -0.305. The molecule has 1 aromatic rings. The van der Waals surface area contributed by atoms with E-state index in [1.54, 1.807) is 53.7 Å². The molecule has 0 radical (unpaired) electrons. The van der Waals surface area contributed by atoms with E-state index in [9.17, 15) is 14.7 Å². The number of esters is 1. The van der Waals surface area contributed by atoms with Crippen molar-refractivity contribution in [3.8, 4) is 0 Å². The van der Waals surface area contributed by atoms with E-state index >= 15 is 0 Å². The van der Waals surface area contributed by atoms with Gasteiger partial charge in [-0.1, -0.05) is 6.08 Å². The summed E-state index contributed by atoms with van der Waals surface area (Å²) in [7, 11) is 1.46. The number of fused-ring (bicyclic) bond motifs is 1. The molecular weight excluding hydrogens is 446 g/mol. The van der Waals surface area contributed by atoms with Gasteiger partial charge in [-0.25, -0.2) is 19.6 Å². The van der Waals surface area contributed by atoms with Gasteiger partial charge in [0.15, 0.2) is 12.1 Å². The molecule has 0 unspecified atom stereocenters. The standard InChI is InChI=1S/C23H35N3O8/c1-22(2,3)33-17(28)13-31-19-15(12-27)32-20(30-7)14-11-25-16(26-18(14)19)9-8-10-24-21(29)34-23(4,5)6/h8-9,11,15,19-20,27H,10,12-13H2,1-7H3,(H,24,29)/b9-8+/t15-,19-,20+/m1/s1. The highest BCUT2D eigenvalue weighted by Gasteiger charge is 2.39. The summed E-state index contributed by atoms with van der Waals surface area (Å²) < 4.78 is 27.3. The number of hydrogen-bond acceptors (Lipinski definition) is 10. The molecule has 2 N–H and O–H groups in total. The molecular formula is C23H35N3O8. The molecule has 0 aromatic carbocycles. The molecule has 1 amide bonds. The Morgan fingerprint density at radius 2 is 1.85 bits per heavy atom. The lowest BCUT2D eigenvalue weighted by molar-refractivity contribution is -0.220. The highest BCUT2D eigenvalue weighted by atomic mass is 16.7. The molecule has 0 spiro atoms. The van der Waals surface area contributed by atoms with Crippen molar-refractivity contribution < 1.29 is 38.4 Å². The minimum Gasteiger partial charge on any atom is -0.458 e. The van der Waals surface area contributed by atoms with Crippen LogP contribution in [0.25, 0.3) is 6.08 Å². The minimum absolute atomic E-state index is 0.205. The Morgan fingerprint density at radius 1 is 1.18 bits per heavy atom. The van der Waals surface area contributed by atoms with Crippen LogP contribution in [0.5, 0.6) is 0 Å². The first-order chi connectivity index (χ1) is 15.8. The number of aliphatic hydroxyl groups is 1. The average molecular weight is 482 g/mol. The molecule has 3 atom stereocenters. The molecule has 190 valence electrons. The van der Waals surface area contributed by atoms with Crippen molar-refractivity contribution in [1.82, 2.24) is 15.3 Å². The van der Waals surface area contributed by atoms with Crippen molar-refractivity contribution in [1.29, 1.82) is 0 Å². The summed E-state index contributed by atoms with van der Waals surface area (Å²) in [6.45, 7) is 10.1. The average Bonchev–Trinajstić information content (AvgIpc) is 2.72. The van der Waals surface area contributed by atoms with Crippen LogP contribution in [0, 0.1) is 0 Å². The highest BCUT2D eigenvalue weighted by Crippen LogP contribution is 2.37. The maximum atomic E-state index is 12.1. The Bertz CT molecular complexity index is 876. The number of rotatable bonds is 8. The third-order valence-corrected chi connectivity index (χ3v) is 4.25. The van der Waals surface area contributed by atoms with Crippen LogP contribution < -0.4 is 5.32 Å². The first kappa shape index (κ1) is 27.6. The fourth-order valence-electron chi connectivity index (χ4n) is 3.05. The van der Waals surface area contributed by atoms with Gasteiger partial charge in [-0.05, 0) is 47.6 Å². The van der Waals surface area contributed by atoms with Crippen LogP contribution in [0.3, 0.4) is 0 Å². The van der Waals surface area contributed by atoms with Crippen molar-refractivity contribution in [2.24, 2.45) is 0 Å². The maximum Gasteiger partial charge on any atom is 0.407 e. The molecule has 2 rings (SSSR count). The van der Waals surface area contributed by atoms with Crippen LogP contribution in [-0.2, 0) is 28.5 Å². The Labute approximate surface area is 199 Å². The van der Waals surface area contributed by atoms with E-state index in [-0.39, 0.29) is 19.8 Å². The largest absolute Gasteiger partial charge is 0.458 e. The summed E-state index contributed by atoms with van der Waals surface area (Å²) in [5, 5.41) is 12.5. The maximum absolute atomic E-state index is 12.1. The zero-order valence-corrected chi connectivity index (χ0v) is 20.8. The second-order valence-corrected chi connectivity index (χ2v) is 9.60. The van der Waals surface area contributed by atoms with Crippen molar-refractivity contribution in [2.75, 3.05) is 26.9 Å². The summed E-state index contributed by atoms with van der Waals surface area (Å²) >= 11 is 0. The molecule has 0 saturated carbocycles. The van der Waals surface area contributed by atoms with Crippen LogP contribution in [0.2, 0.25) is 0 Å². The number of alkyl carbamates (subject to hydrolysis) is 1. The monoisotopic (exact) mass is 481 g/mol. The Hall–Kier alpha value is -2.60. The summed E-state index contributed by atoms with van der Waals surface area (Å²) in [6, 6.07) is 0. The smallest absolute Gasteiger partial charge is 0.407 e. The molecule has 2 heterocycles. The van der Waals surface area contributed by atoms with E-state index in [0.717, 1.165) is 0 Å². The second kappa shape index (κ2) is 11.7. The quantitative estimate of drug-likeness (QED) is 0.532. The zero-order chi connectivity index (χ0) is 25.5. The molecule has 1 aromatic heterocycles. The predicted octanol–water partition coefficient (Wildman–Crippen LogP) is 2.45. The van der Waals surface area contributed by atoms with Crippen LogP contribution in [0.4, 0.5) is 4.79 Å². The second-order valence-electron chi connectivity index (χ2n) is 9.60. The van der Waals surface area contributed by atoms with Gasteiger partial charge in [-0.3, -0.25) is 0 Å². The fraction of sp³-hybridized carbons (Fsp3) is 0.652.